The van der Waals surface area contributed by atoms with E-state index in [1.54, 1.807) is 4.90 Å². The molecule has 322 valence electrons. The fourth-order valence-corrected chi connectivity index (χ4v) is 11.2. The quantitative estimate of drug-likeness (QED) is 0.321. The molecule has 1 aromatic carbocycles. The van der Waals surface area contributed by atoms with Crippen LogP contribution < -0.4 is 15.4 Å². The molecule has 7 aliphatic rings. The van der Waals surface area contributed by atoms with Gasteiger partial charge in [0.1, 0.15) is 29.8 Å². The predicted octanol–water partition coefficient (Wildman–Crippen LogP) is 4.22. The molecule has 4 heterocycles. The zero-order valence-corrected chi connectivity index (χ0v) is 34.8. The highest BCUT2D eigenvalue weighted by atomic mass is 32.2. The van der Waals surface area contributed by atoms with Gasteiger partial charge in [0.25, 0.3) is 5.91 Å². The first kappa shape index (κ1) is 41.5. The maximum Gasteiger partial charge on any atom is 0.410 e. The third kappa shape index (κ3) is 9.58. The van der Waals surface area contributed by atoms with Crippen LogP contribution in [0.5, 0.6) is 0 Å². The number of ether oxygens (including phenoxy) is 2. The second-order valence-electron chi connectivity index (χ2n) is 17.8. The fourth-order valence-electron chi connectivity index (χ4n) is 9.85. The first-order chi connectivity index (χ1) is 28.5. The number of fused-ring (bicyclic) bond motifs is 3. The molecule has 4 aliphatic heterocycles. The number of hydrogen-bond donors (Lipinski definition) is 3. The van der Waals surface area contributed by atoms with Gasteiger partial charge in [-0.1, -0.05) is 55.7 Å². The van der Waals surface area contributed by atoms with Crippen LogP contribution in [0.3, 0.4) is 0 Å². The molecular weight excluding hydrogens is 777 g/mol. The van der Waals surface area contributed by atoms with Crippen molar-refractivity contribution in [2.75, 3.05) is 32.7 Å². The number of carbonyl (C=O) groups is 5. The topological polar surface area (TPSA) is 184 Å². The lowest BCUT2D eigenvalue weighted by Crippen LogP contribution is -2.58. The number of piperidine rings is 1. The first-order valence-electron chi connectivity index (χ1n) is 22.1. The Morgan fingerprint density at radius 3 is 2.39 bits per heavy atom. The number of sulfonamides is 1. The molecule has 8 rings (SSSR count). The second-order valence-corrected chi connectivity index (χ2v) is 19.7. The van der Waals surface area contributed by atoms with Crippen LogP contribution in [0.25, 0.3) is 0 Å². The molecule has 0 radical (unpaired) electrons. The van der Waals surface area contributed by atoms with E-state index in [9.17, 15) is 32.4 Å². The van der Waals surface area contributed by atoms with Crippen molar-refractivity contribution in [3.05, 3.63) is 47.5 Å². The predicted molar refractivity (Wildman–Crippen MR) is 217 cm³/mol. The molecule has 5 amide bonds. The van der Waals surface area contributed by atoms with Gasteiger partial charge in [0.2, 0.25) is 21.8 Å². The van der Waals surface area contributed by atoms with Crippen molar-refractivity contribution >= 4 is 39.9 Å². The van der Waals surface area contributed by atoms with E-state index in [2.05, 4.69) is 32.4 Å². The molecule has 1 unspecified atom stereocenters. The maximum atomic E-state index is 14.7. The van der Waals surface area contributed by atoms with E-state index in [4.69, 9.17) is 9.47 Å². The SMILES string of the molecule is O=C(N[C@H]1CCCCC/C=C\[C@@H]2C[C@@]2(C(=O)NS(=O)(=O)C2CC2)NC(=O)[C@@H]2C[C@@H](OC(=O)N3CCc4ccccc4C3CN3CCCCC3)CN2C1=O)OC1CCCC1. The number of allylic oxidation sites excluding steroid dienone is 1. The molecule has 3 saturated carbocycles. The number of alkyl carbamates (subject to hydrolysis) is 1. The van der Waals surface area contributed by atoms with Crippen molar-refractivity contribution in [3.63, 3.8) is 0 Å². The van der Waals surface area contributed by atoms with Crippen molar-refractivity contribution in [2.45, 2.75) is 150 Å². The van der Waals surface area contributed by atoms with E-state index in [0.29, 0.717) is 51.6 Å². The van der Waals surface area contributed by atoms with E-state index in [0.717, 1.165) is 70.0 Å². The Bertz CT molecular complexity index is 1890. The summed E-state index contributed by atoms with van der Waals surface area (Å²) in [6, 6.07) is 5.79. The smallest absolute Gasteiger partial charge is 0.410 e. The highest BCUT2D eigenvalue weighted by Crippen LogP contribution is 2.46. The lowest BCUT2D eigenvalue weighted by Gasteiger charge is -2.40. The van der Waals surface area contributed by atoms with Crippen LogP contribution >= 0.6 is 0 Å². The minimum Gasteiger partial charge on any atom is -0.446 e. The van der Waals surface area contributed by atoms with Crippen molar-refractivity contribution < 1.29 is 41.9 Å². The number of likely N-dealkylation sites (tertiary alicyclic amines) is 1. The number of benzene rings is 1. The summed E-state index contributed by atoms with van der Waals surface area (Å²) in [5, 5.41) is 5.06. The molecule has 16 heteroatoms. The van der Waals surface area contributed by atoms with Crippen LogP contribution in [0, 0.1) is 5.92 Å². The molecule has 0 bridgehead atoms. The summed E-state index contributed by atoms with van der Waals surface area (Å²) in [6.45, 7) is 2.96. The highest BCUT2D eigenvalue weighted by Gasteiger charge is 2.62. The van der Waals surface area contributed by atoms with E-state index < -0.39 is 74.8 Å². The summed E-state index contributed by atoms with van der Waals surface area (Å²) in [5.74, 6) is -2.39. The zero-order chi connectivity index (χ0) is 41.1. The Morgan fingerprint density at radius 1 is 0.864 bits per heavy atom. The van der Waals surface area contributed by atoms with Gasteiger partial charge < -0.3 is 29.9 Å². The van der Waals surface area contributed by atoms with Crippen LogP contribution in [-0.2, 0) is 40.3 Å². The summed E-state index contributed by atoms with van der Waals surface area (Å²) >= 11 is 0. The van der Waals surface area contributed by atoms with Crippen molar-refractivity contribution in [1.82, 2.24) is 30.1 Å². The van der Waals surface area contributed by atoms with E-state index in [1.165, 1.54) is 16.9 Å². The Kier molecular flexibility index (Phi) is 12.5. The van der Waals surface area contributed by atoms with E-state index in [1.807, 2.05) is 24.3 Å². The van der Waals surface area contributed by atoms with Crippen LogP contribution in [0.2, 0.25) is 0 Å². The number of carbonyl (C=O) groups excluding carboxylic acids is 5. The Balaban J connectivity index is 1.04. The zero-order valence-electron chi connectivity index (χ0n) is 34.0. The van der Waals surface area contributed by atoms with Crippen LogP contribution in [0.15, 0.2) is 36.4 Å². The van der Waals surface area contributed by atoms with Crippen LogP contribution in [-0.4, -0.2) is 121 Å². The number of hydrogen-bond acceptors (Lipinski definition) is 10. The van der Waals surface area contributed by atoms with Crippen LogP contribution in [0.1, 0.15) is 120 Å². The number of amides is 5. The van der Waals surface area contributed by atoms with Gasteiger partial charge in [0, 0.05) is 25.4 Å². The molecule has 5 fully saturated rings. The van der Waals surface area contributed by atoms with Crippen LogP contribution in [0.4, 0.5) is 9.59 Å². The maximum absolute atomic E-state index is 14.7. The van der Waals surface area contributed by atoms with E-state index in [-0.39, 0.29) is 31.5 Å². The lowest BCUT2D eigenvalue weighted by molar-refractivity contribution is -0.141. The largest absolute Gasteiger partial charge is 0.446 e. The molecule has 2 saturated heterocycles. The minimum absolute atomic E-state index is 0.0393. The second kappa shape index (κ2) is 17.8. The van der Waals surface area contributed by atoms with Gasteiger partial charge in [-0.15, -0.1) is 0 Å². The Hall–Kier alpha value is -4.18. The molecule has 0 aromatic heterocycles. The number of rotatable bonds is 8. The van der Waals surface area contributed by atoms with Crippen molar-refractivity contribution in [2.24, 2.45) is 5.92 Å². The third-order valence-corrected chi connectivity index (χ3v) is 15.3. The molecule has 15 nitrogen and oxygen atoms in total. The lowest BCUT2D eigenvalue weighted by atomic mass is 9.92. The Morgan fingerprint density at radius 2 is 1.61 bits per heavy atom. The molecule has 3 N–H and O–H groups in total. The van der Waals surface area contributed by atoms with Gasteiger partial charge in [-0.2, -0.15) is 0 Å². The van der Waals surface area contributed by atoms with Crippen molar-refractivity contribution in [1.29, 1.82) is 0 Å². The normalized spacial score (nSPS) is 31.4. The average Bonchev–Trinajstić information content (AvgIpc) is 4.10. The van der Waals surface area contributed by atoms with Gasteiger partial charge in [-0.3, -0.25) is 24.0 Å². The van der Waals surface area contributed by atoms with Gasteiger partial charge in [-0.25, -0.2) is 18.0 Å². The summed E-state index contributed by atoms with van der Waals surface area (Å²) < 4.78 is 40.0. The van der Waals surface area contributed by atoms with Gasteiger partial charge in [0.05, 0.1) is 17.8 Å². The van der Waals surface area contributed by atoms with E-state index >= 15 is 0 Å². The summed E-state index contributed by atoms with van der Waals surface area (Å²) in [5.41, 5.74) is 0.771. The molecular formula is C43H60N6O9S. The first-order valence-corrected chi connectivity index (χ1v) is 23.6. The third-order valence-electron chi connectivity index (χ3n) is 13.5. The summed E-state index contributed by atoms with van der Waals surface area (Å²) in [4.78, 5) is 76.0. The molecule has 1 aromatic rings. The summed E-state index contributed by atoms with van der Waals surface area (Å²) in [7, 11) is -3.91. The summed E-state index contributed by atoms with van der Waals surface area (Å²) in [6.07, 6.45) is 13.4. The van der Waals surface area contributed by atoms with Gasteiger partial charge in [-0.05, 0) is 108 Å². The molecule has 0 spiro atoms. The number of nitrogens with zero attached hydrogens (tertiary/aromatic N) is 3. The van der Waals surface area contributed by atoms with Gasteiger partial charge >= 0.3 is 12.2 Å². The standard InChI is InChI=1S/C43H60N6O9S/c50-38-36-25-32(58-42(54)48-24-21-29-13-7-10-17-34(29)37(48)28-47-22-11-4-12-23-47)27-49(36)39(51)35(44-41(53)57-31-15-8-9-16-31)18-6-3-1-2-5-14-30-26-43(30,45-38)40(52)46-59(55,56)33-19-20-33/h5,7,10,13-14,17,30-33,35-37H,1-4,6,8-9,11-12,15-16,18-28H2,(H,44,53)(H,45,50)(H,46,52)/b14-5-/t30-,32-,35+,36+,37?,43-/m1/s1. The Labute approximate surface area is 347 Å². The monoisotopic (exact) mass is 836 g/mol. The molecule has 6 atom stereocenters. The molecule has 59 heavy (non-hydrogen) atoms. The van der Waals surface area contributed by atoms with Gasteiger partial charge in [0.15, 0.2) is 0 Å². The highest BCUT2D eigenvalue weighted by molar-refractivity contribution is 7.91. The van der Waals surface area contributed by atoms with Crippen molar-refractivity contribution in [3.8, 4) is 0 Å². The number of nitrogens with one attached hydrogen (secondary N) is 3. The fraction of sp³-hybridized carbons (Fsp3) is 0.698. The average molecular weight is 837 g/mol. The molecule has 3 aliphatic carbocycles. The minimum atomic E-state index is -3.91.